The van der Waals surface area contributed by atoms with Crippen molar-refractivity contribution in [3.63, 3.8) is 0 Å². The molecule has 5 aromatic carbocycles. The van der Waals surface area contributed by atoms with Crippen molar-refractivity contribution in [3.8, 4) is 11.4 Å². The van der Waals surface area contributed by atoms with Gasteiger partial charge in [-0.05, 0) is 109 Å². The Labute approximate surface area is 288 Å². The topological polar surface area (TPSA) is 29.9 Å². The zero-order valence-electron chi connectivity index (χ0n) is 30.7. The number of hydrogen-bond acceptors (Lipinski definition) is 2. The second kappa shape index (κ2) is 14.2. The maximum absolute atomic E-state index is 5.51. The third-order valence-corrected chi connectivity index (χ3v) is 10.1. The summed E-state index contributed by atoms with van der Waals surface area (Å²) in [5, 5.41) is 9.12. The molecule has 1 heterocycles. The molecule has 1 N–H and O–H groups in total. The van der Waals surface area contributed by atoms with Crippen LogP contribution >= 0.6 is 0 Å². The fourth-order valence-electron chi connectivity index (χ4n) is 7.52. The largest absolute Gasteiger partial charge is 0.353 e. The summed E-state index contributed by atoms with van der Waals surface area (Å²) in [5.41, 5.74) is 12.4. The summed E-state index contributed by atoms with van der Waals surface area (Å²) in [5.74, 6) is 1.08. The lowest BCUT2D eigenvalue weighted by molar-refractivity contribution is 0.591. The lowest BCUT2D eigenvalue weighted by Crippen LogP contribution is -2.10. The molecule has 0 atom stereocenters. The van der Waals surface area contributed by atoms with Crippen LogP contribution in [0.1, 0.15) is 107 Å². The number of unbranched alkanes of at least 4 members (excludes halogenated alkanes) is 5. The monoisotopic (exact) mass is 637 g/mol. The van der Waals surface area contributed by atoms with E-state index in [2.05, 4.69) is 138 Å². The molecule has 250 valence electrons. The van der Waals surface area contributed by atoms with Gasteiger partial charge in [-0.2, -0.15) is 0 Å². The van der Waals surface area contributed by atoms with Gasteiger partial charge in [0, 0.05) is 22.9 Å². The van der Waals surface area contributed by atoms with Crippen molar-refractivity contribution >= 4 is 44.0 Å². The molecule has 0 radical (unpaired) electrons. The minimum absolute atomic E-state index is 0.0532. The molecule has 0 bridgehead atoms. The molecule has 0 saturated carbocycles. The van der Waals surface area contributed by atoms with E-state index in [1.807, 2.05) is 0 Å². The van der Waals surface area contributed by atoms with E-state index in [1.54, 1.807) is 0 Å². The minimum Gasteiger partial charge on any atom is -0.353 e. The highest BCUT2D eigenvalue weighted by Crippen LogP contribution is 2.40. The van der Waals surface area contributed by atoms with Gasteiger partial charge in [-0.1, -0.05) is 115 Å². The highest BCUT2D eigenvalue weighted by atomic mass is 15.1. The highest BCUT2D eigenvalue weighted by molar-refractivity contribution is 6.13. The predicted octanol–water partition coefficient (Wildman–Crippen LogP) is 13.3. The highest BCUT2D eigenvalue weighted by Gasteiger charge is 2.21. The number of nitrogens with zero attached hydrogens (tertiary/aromatic N) is 2. The van der Waals surface area contributed by atoms with Gasteiger partial charge in [0.05, 0.1) is 16.9 Å². The van der Waals surface area contributed by atoms with Crippen LogP contribution in [0.25, 0.3) is 44.0 Å². The number of benzene rings is 5. The van der Waals surface area contributed by atoms with Crippen molar-refractivity contribution in [2.24, 2.45) is 0 Å². The molecule has 0 unspecified atom stereocenters. The van der Waals surface area contributed by atoms with Crippen LogP contribution < -0.4 is 5.32 Å². The van der Waals surface area contributed by atoms with Crippen molar-refractivity contribution < 1.29 is 0 Å². The Kier molecular flexibility index (Phi) is 9.97. The molecule has 48 heavy (non-hydrogen) atoms. The Morgan fingerprint density at radius 2 is 1.40 bits per heavy atom. The van der Waals surface area contributed by atoms with E-state index in [9.17, 15) is 0 Å². The number of fused-ring (bicyclic) bond motifs is 3. The fourth-order valence-corrected chi connectivity index (χ4v) is 7.52. The molecule has 0 fully saturated rings. The van der Waals surface area contributed by atoms with Crippen molar-refractivity contribution in [1.82, 2.24) is 9.55 Å². The van der Waals surface area contributed by atoms with E-state index < -0.39 is 0 Å². The molecule has 6 rings (SSSR count). The Bertz CT molecular complexity index is 2050. The predicted molar refractivity (Wildman–Crippen MR) is 210 cm³/mol. The van der Waals surface area contributed by atoms with Gasteiger partial charge in [0.2, 0.25) is 0 Å². The van der Waals surface area contributed by atoms with E-state index in [4.69, 9.17) is 4.98 Å². The van der Waals surface area contributed by atoms with Crippen LogP contribution in [0.4, 0.5) is 11.4 Å². The zero-order chi connectivity index (χ0) is 34.0. The first kappa shape index (κ1) is 33.8. The Balaban J connectivity index is 1.56. The molecule has 3 heteroatoms. The van der Waals surface area contributed by atoms with Crippen molar-refractivity contribution in [3.05, 3.63) is 101 Å². The van der Waals surface area contributed by atoms with Gasteiger partial charge in [-0.25, -0.2) is 4.98 Å². The summed E-state index contributed by atoms with van der Waals surface area (Å²) in [6.07, 6.45) is 9.72. The van der Waals surface area contributed by atoms with Gasteiger partial charge < -0.3 is 9.88 Å². The van der Waals surface area contributed by atoms with Gasteiger partial charge >= 0.3 is 0 Å². The smallest absolute Gasteiger partial charge is 0.141 e. The summed E-state index contributed by atoms with van der Waals surface area (Å²) >= 11 is 0. The van der Waals surface area contributed by atoms with Crippen LogP contribution in [0.3, 0.4) is 0 Å². The molecular weight excluding hydrogens is 583 g/mol. The number of imidazole rings is 1. The molecule has 0 amide bonds. The van der Waals surface area contributed by atoms with Gasteiger partial charge in [0.25, 0.3) is 0 Å². The first-order valence-corrected chi connectivity index (χ1v) is 18.4. The van der Waals surface area contributed by atoms with Gasteiger partial charge in [0.1, 0.15) is 11.3 Å². The SMILES string of the molecule is CCCCCCn1c(-c2c(C)cc(C)cc2C)nc2c(Nc3c4cc(CCCCC)ccc4cc4ccc(C(C)(C)C)cc34)cccc21. The fraction of sp³-hybridized carbons (Fsp3) is 0.400. The molecule has 0 aliphatic heterocycles. The van der Waals surface area contributed by atoms with Crippen LogP contribution in [0.5, 0.6) is 0 Å². The van der Waals surface area contributed by atoms with Crippen molar-refractivity contribution in [1.29, 1.82) is 0 Å². The molecule has 3 nitrogen and oxygen atoms in total. The summed E-state index contributed by atoms with van der Waals surface area (Å²) in [7, 11) is 0. The van der Waals surface area contributed by atoms with Gasteiger partial charge in [0.15, 0.2) is 0 Å². The first-order valence-electron chi connectivity index (χ1n) is 18.4. The van der Waals surface area contributed by atoms with Crippen molar-refractivity contribution in [2.75, 3.05) is 5.32 Å². The van der Waals surface area contributed by atoms with Crippen molar-refractivity contribution in [2.45, 2.75) is 119 Å². The molecule has 1 aromatic heterocycles. The summed E-state index contributed by atoms with van der Waals surface area (Å²) in [6.45, 7) is 19.1. The number of aromatic nitrogens is 2. The quantitative estimate of drug-likeness (QED) is 0.107. The number of aryl methyl sites for hydroxylation is 5. The van der Waals surface area contributed by atoms with Crippen LogP contribution in [0, 0.1) is 20.8 Å². The van der Waals surface area contributed by atoms with Gasteiger partial charge in [-0.15, -0.1) is 0 Å². The third kappa shape index (κ3) is 6.88. The third-order valence-electron chi connectivity index (χ3n) is 10.1. The zero-order valence-corrected chi connectivity index (χ0v) is 30.7. The maximum atomic E-state index is 5.51. The van der Waals surface area contributed by atoms with E-state index in [1.165, 1.54) is 105 Å². The number of nitrogens with one attached hydrogen (secondary N) is 1. The number of para-hydroxylation sites is 1. The normalized spacial score (nSPS) is 12.1. The average Bonchev–Trinajstić information content (AvgIpc) is 3.40. The Morgan fingerprint density at radius 3 is 2.10 bits per heavy atom. The second-order valence-electron chi connectivity index (χ2n) is 15.2. The summed E-state index contributed by atoms with van der Waals surface area (Å²) in [6, 6.07) is 27.8. The lowest BCUT2D eigenvalue weighted by atomic mass is 9.85. The number of rotatable bonds is 12. The molecule has 0 spiro atoms. The van der Waals surface area contributed by atoms with Crippen LogP contribution in [-0.2, 0) is 18.4 Å². The van der Waals surface area contributed by atoms with E-state index in [0.29, 0.717) is 0 Å². The maximum Gasteiger partial charge on any atom is 0.141 e. The average molecular weight is 638 g/mol. The molecule has 6 aromatic rings. The van der Waals surface area contributed by atoms with Gasteiger partial charge in [-0.3, -0.25) is 0 Å². The molecular formula is C45H55N3. The molecule has 0 aliphatic rings. The second-order valence-corrected chi connectivity index (χ2v) is 15.2. The molecule has 0 aliphatic carbocycles. The van der Waals surface area contributed by atoms with E-state index >= 15 is 0 Å². The number of hydrogen-bond donors (Lipinski definition) is 1. The molecule has 0 saturated heterocycles. The van der Waals surface area contributed by atoms with E-state index in [0.717, 1.165) is 36.4 Å². The van der Waals surface area contributed by atoms with Crippen LogP contribution in [-0.4, -0.2) is 9.55 Å². The lowest BCUT2D eigenvalue weighted by Gasteiger charge is -2.21. The Hall–Kier alpha value is -4.11. The van der Waals surface area contributed by atoms with Crippen LogP contribution in [0.15, 0.2) is 72.8 Å². The van der Waals surface area contributed by atoms with Crippen LogP contribution in [0.2, 0.25) is 0 Å². The Morgan fingerprint density at radius 1 is 0.708 bits per heavy atom. The minimum atomic E-state index is 0.0532. The van der Waals surface area contributed by atoms with E-state index in [-0.39, 0.29) is 5.41 Å². The number of anilines is 2. The summed E-state index contributed by atoms with van der Waals surface area (Å²) in [4.78, 5) is 5.51. The first-order chi connectivity index (χ1) is 23.1. The summed E-state index contributed by atoms with van der Waals surface area (Å²) < 4.78 is 2.49. The standard InChI is InChI=1S/C45H55N3/c1-9-11-13-15-24-48-40-19-16-18-39(43(40)47-44(48)41-31(4)25-30(3)26-32(41)5)46-42-37-27-33(17-14-12-10-2)20-21-34(37)28-35-22-23-36(29-38(35)42)45(6,7)8/h16,18-23,25-29,46H,9-15,17,24H2,1-8H3.